The van der Waals surface area contributed by atoms with Crippen molar-refractivity contribution in [1.29, 1.82) is 0 Å². The molecule has 3 N–H and O–H groups in total. The highest BCUT2D eigenvalue weighted by Crippen LogP contribution is 2.31. The van der Waals surface area contributed by atoms with Gasteiger partial charge in [0, 0.05) is 18.7 Å². The fourth-order valence-electron chi connectivity index (χ4n) is 2.95. The summed E-state index contributed by atoms with van der Waals surface area (Å²) in [6.45, 7) is 1.78. The molecule has 1 fully saturated rings. The van der Waals surface area contributed by atoms with E-state index in [0.29, 0.717) is 6.04 Å². The number of fused-ring (bicyclic) bond motifs is 1. The molecule has 0 radical (unpaired) electrons. The molecule has 0 spiro atoms. The SMILES string of the molecule is Nc1c2c(nn1C1CCCCCC1)CNC2. The third kappa shape index (κ3) is 1.61. The smallest absolute Gasteiger partial charge is 0.126 e. The number of hydrogen-bond donors (Lipinski definition) is 2. The molecule has 0 unspecified atom stereocenters. The van der Waals surface area contributed by atoms with E-state index in [1.165, 1.54) is 49.8 Å². The molecule has 0 saturated heterocycles. The second-order valence-electron chi connectivity index (χ2n) is 5.00. The normalized spacial score (nSPS) is 22.0. The van der Waals surface area contributed by atoms with Crippen molar-refractivity contribution in [1.82, 2.24) is 15.1 Å². The Labute approximate surface area is 96.2 Å². The van der Waals surface area contributed by atoms with Crippen LogP contribution in [0.3, 0.4) is 0 Å². The molecule has 2 heterocycles. The zero-order valence-corrected chi connectivity index (χ0v) is 9.71. The maximum absolute atomic E-state index is 6.20. The van der Waals surface area contributed by atoms with E-state index in [1.54, 1.807) is 0 Å². The summed E-state index contributed by atoms with van der Waals surface area (Å²) in [5.41, 5.74) is 8.61. The standard InChI is InChI=1S/C12H20N4/c13-12-10-7-14-8-11(10)15-16(12)9-5-3-1-2-4-6-9/h9,14H,1-8,13H2. The molecule has 2 aliphatic rings. The minimum absolute atomic E-state index is 0.549. The lowest BCUT2D eigenvalue weighted by Gasteiger charge is -2.16. The number of aromatic nitrogens is 2. The predicted octanol–water partition coefficient (Wildman–Crippen LogP) is 1.96. The van der Waals surface area contributed by atoms with Crippen LogP contribution in [0.4, 0.5) is 5.82 Å². The van der Waals surface area contributed by atoms with E-state index in [2.05, 4.69) is 15.1 Å². The highest BCUT2D eigenvalue weighted by Gasteiger charge is 2.24. The highest BCUT2D eigenvalue weighted by molar-refractivity contribution is 5.45. The van der Waals surface area contributed by atoms with Crippen molar-refractivity contribution in [2.75, 3.05) is 5.73 Å². The number of nitrogens with two attached hydrogens (primary N) is 1. The van der Waals surface area contributed by atoms with Crippen LogP contribution in [0.1, 0.15) is 55.8 Å². The number of nitrogen functional groups attached to an aromatic ring is 1. The van der Waals surface area contributed by atoms with Gasteiger partial charge in [-0.05, 0) is 12.8 Å². The van der Waals surface area contributed by atoms with Gasteiger partial charge in [-0.2, -0.15) is 5.10 Å². The summed E-state index contributed by atoms with van der Waals surface area (Å²) in [5, 5.41) is 7.98. The molecule has 3 rings (SSSR count). The van der Waals surface area contributed by atoms with Crippen molar-refractivity contribution in [3.05, 3.63) is 11.3 Å². The Hall–Kier alpha value is -1.03. The summed E-state index contributed by atoms with van der Waals surface area (Å²) in [4.78, 5) is 0. The van der Waals surface area contributed by atoms with E-state index in [4.69, 9.17) is 5.73 Å². The van der Waals surface area contributed by atoms with Gasteiger partial charge in [-0.25, -0.2) is 4.68 Å². The van der Waals surface area contributed by atoms with E-state index in [0.717, 1.165) is 18.9 Å². The van der Waals surface area contributed by atoms with Gasteiger partial charge in [0.1, 0.15) is 5.82 Å². The number of nitrogens with zero attached hydrogens (tertiary/aromatic N) is 2. The maximum atomic E-state index is 6.20. The molecule has 1 aliphatic heterocycles. The lowest BCUT2D eigenvalue weighted by molar-refractivity contribution is 0.406. The lowest BCUT2D eigenvalue weighted by Crippen LogP contribution is -2.15. The van der Waals surface area contributed by atoms with E-state index in [1.807, 2.05) is 0 Å². The molecule has 1 aromatic heterocycles. The third-order valence-electron chi connectivity index (χ3n) is 3.90. The van der Waals surface area contributed by atoms with Crippen molar-refractivity contribution < 1.29 is 0 Å². The minimum atomic E-state index is 0.549. The van der Waals surface area contributed by atoms with Gasteiger partial charge in [0.05, 0.1) is 11.7 Å². The van der Waals surface area contributed by atoms with Crippen molar-refractivity contribution >= 4 is 5.82 Å². The first-order chi connectivity index (χ1) is 7.86. The van der Waals surface area contributed by atoms with Crippen LogP contribution in [-0.4, -0.2) is 9.78 Å². The molecule has 0 aromatic carbocycles. The number of anilines is 1. The van der Waals surface area contributed by atoms with Gasteiger partial charge in [0.15, 0.2) is 0 Å². The Morgan fingerprint density at radius 3 is 2.56 bits per heavy atom. The molecule has 0 amide bonds. The van der Waals surface area contributed by atoms with E-state index < -0.39 is 0 Å². The first-order valence-electron chi connectivity index (χ1n) is 6.42. The summed E-state index contributed by atoms with van der Waals surface area (Å²) in [6, 6.07) is 0.549. The fraction of sp³-hybridized carbons (Fsp3) is 0.750. The Morgan fingerprint density at radius 2 is 1.88 bits per heavy atom. The van der Waals surface area contributed by atoms with Crippen LogP contribution in [-0.2, 0) is 13.1 Å². The number of rotatable bonds is 1. The maximum Gasteiger partial charge on any atom is 0.126 e. The lowest BCUT2D eigenvalue weighted by atomic mass is 10.1. The van der Waals surface area contributed by atoms with E-state index in [-0.39, 0.29) is 0 Å². The Kier molecular flexibility index (Phi) is 2.59. The van der Waals surface area contributed by atoms with E-state index >= 15 is 0 Å². The molecule has 88 valence electrons. The zero-order valence-electron chi connectivity index (χ0n) is 9.71. The summed E-state index contributed by atoms with van der Waals surface area (Å²) in [6.07, 6.45) is 7.90. The Bertz CT molecular complexity index is 375. The van der Waals surface area contributed by atoms with Gasteiger partial charge in [0.2, 0.25) is 0 Å². The van der Waals surface area contributed by atoms with Gasteiger partial charge in [0.25, 0.3) is 0 Å². The van der Waals surface area contributed by atoms with Crippen LogP contribution in [0, 0.1) is 0 Å². The van der Waals surface area contributed by atoms with Crippen molar-refractivity contribution in [2.45, 2.75) is 57.7 Å². The topological polar surface area (TPSA) is 55.9 Å². The molecule has 4 nitrogen and oxygen atoms in total. The van der Waals surface area contributed by atoms with Gasteiger partial charge < -0.3 is 11.1 Å². The van der Waals surface area contributed by atoms with Gasteiger partial charge in [-0.15, -0.1) is 0 Å². The van der Waals surface area contributed by atoms with Crippen molar-refractivity contribution in [3.63, 3.8) is 0 Å². The average molecular weight is 220 g/mol. The quantitative estimate of drug-likeness (QED) is 0.711. The average Bonchev–Trinajstić information content (AvgIpc) is 2.74. The largest absolute Gasteiger partial charge is 0.384 e. The third-order valence-corrected chi connectivity index (χ3v) is 3.90. The predicted molar refractivity (Wildman–Crippen MR) is 63.9 cm³/mol. The van der Waals surface area contributed by atoms with Gasteiger partial charge in [-0.3, -0.25) is 0 Å². The number of nitrogens with one attached hydrogen (secondary N) is 1. The van der Waals surface area contributed by atoms with Crippen molar-refractivity contribution in [2.24, 2.45) is 0 Å². The summed E-state index contributed by atoms with van der Waals surface area (Å²) >= 11 is 0. The summed E-state index contributed by atoms with van der Waals surface area (Å²) in [5.74, 6) is 0.909. The van der Waals surface area contributed by atoms with E-state index in [9.17, 15) is 0 Å². The zero-order chi connectivity index (χ0) is 11.0. The molecule has 1 saturated carbocycles. The van der Waals surface area contributed by atoms with Gasteiger partial charge >= 0.3 is 0 Å². The van der Waals surface area contributed by atoms with Gasteiger partial charge in [-0.1, -0.05) is 25.7 Å². The molecule has 4 heteroatoms. The second-order valence-corrected chi connectivity index (χ2v) is 5.00. The Balaban J connectivity index is 1.88. The monoisotopic (exact) mass is 220 g/mol. The van der Waals surface area contributed by atoms with Crippen LogP contribution < -0.4 is 11.1 Å². The minimum Gasteiger partial charge on any atom is -0.384 e. The van der Waals surface area contributed by atoms with Crippen LogP contribution in [0.15, 0.2) is 0 Å². The number of hydrogen-bond acceptors (Lipinski definition) is 3. The fourth-order valence-corrected chi connectivity index (χ4v) is 2.95. The Morgan fingerprint density at radius 1 is 1.12 bits per heavy atom. The van der Waals surface area contributed by atoms with Crippen LogP contribution >= 0.6 is 0 Å². The van der Waals surface area contributed by atoms with Crippen LogP contribution in [0.5, 0.6) is 0 Å². The molecular weight excluding hydrogens is 200 g/mol. The molecule has 0 bridgehead atoms. The molecular formula is C12H20N4. The first-order valence-corrected chi connectivity index (χ1v) is 6.42. The molecule has 0 atom stereocenters. The summed E-state index contributed by atoms with van der Waals surface area (Å²) < 4.78 is 2.11. The molecule has 1 aliphatic carbocycles. The molecule has 16 heavy (non-hydrogen) atoms. The molecule has 1 aromatic rings. The highest BCUT2D eigenvalue weighted by atomic mass is 15.3. The van der Waals surface area contributed by atoms with Crippen molar-refractivity contribution in [3.8, 4) is 0 Å². The summed E-state index contributed by atoms with van der Waals surface area (Å²) in [7, 11) is 0. The van der Waals surface area contributed by atoms with Crippen LogP contribution in [0.2, 0.25) is 0 Å². The van der Waals surface area contributed by atoms with Crippen LogP contribution in [0.25, 0.3) is 0 Å². The second kappa shape index (κ2) is 4.09. The first kappa shape index (κ1) is 10.1.